The van der Waals surface area contributed by atoms with E-state index in [0.717, 1.165) is 22.4 Å². The monoisotopic (exact) mass is 384 g/mol. The number of hydrogen-bond donors (Lipinski definition) is 1. The first-order valence-electron chi connectivity index (χ1n) is 9.18. The molecule has 2 aromatic carbocycles. The summed E-state index contributed by atoms with van der Waals surface area (Å²) in [5.74, 6) is 1.04. The molecule has 0 unspecified atom stereocenters. The van der Waals surface area contributed by atoms with Gasteiger partial charge in [-0.05, 0) is 48.7 Å². The molecule has 2 aromatic rings. The van der Waals surface area contributed by atoms with E-state index in [1.54, 1.807) is 31.3 Å². The summed E-state index contributed by atoms with van der Waals surface area (Å²) in [6.45, 7) is 6.29. The molecule has 28 heavy (non-hydrogen) atoms. The second kappa shape index (κ2) is 9.78. The van der Waals surface area contributed by atoms with Gasteiger partial charge < -0.3 is 19.7 Å². The number of methoxy groups -OCH3 is 2. The Morgan fingerprint density at radius 1 is 1.00 bits per heavy atom. The molecule has 0 atom stereocenters. The van der Waals surface area contributed by atoms with Crippen LogP contribution < -0.4 is 19.7 Å². The van der Waals surface area contributed by atoms with Crippen LogP contribution in [0.25, 0.3) is 0 Å². The maximum Gasteiger partial charge on any atom is 0.224 e. The van der Waals surface area contributed by atoms with Gasteiger partial charge in [0, 0.05) is 25.7 Å². The van der Waals surface area contributed by atoms with Gasteiger partial charge in [-0.1, -0.05) is 18.2 Å². The van der Waals surface area contributed by atoms with Gasteiger partial charge in [0.05, 0.1) is 20.6 Å². The van der Waals surface area contributed by atoms with Gasteiger partial charge in [-0.15, -0.1) is 0 Å². The van der Waals surface area contributed by atoms with E-state index >= 15 is 0 Å². The summed E-state index contributed by atoms with van der Waals surface area (Å²) < 4.78 is 10.5. The Kier molecular flexibility index (Phi) is 7.44. The average molecular weight is 384 g/mol. The van der Waals surface area contributed by atoms with Crippen LogP contribution in [0.2, 0.25) is 0 Å². The number of rotatable bonds is 8. The zero-order chi connectivity index (χ0) is 20.7. The number of anilines is 1. The van der Waals surface area contributed by atoms with Crippen molar-refractivity contribution in [2.45, 2.75) is 27.2 Å². The van der Waals surface area contributed by atoms with E-state index in [2.05, 4.69) is 5.32 Å². The number of aryl methyl sites for hydroxylation is 2. The van der Waals surface area contributed by atoms with Crippen LogP contribution in [0, 0.1) is 13.8 Å². The molecule has 0 fully saturated rings. The van der Waals surface area contributed by atoms with Crippen molar-refractivity contribution in [1.82, 2.24) is 5.32 Å². The molecule has 0 saturated carbocycles. The second-order valence-corrected chi connectivity index (χ2v) is 6.68. The zero-order valence-corrected chi connectivity index (χ0v) is 17.2. The Labute approximate surface area is 166 Å². The van der Waals surface area contributed by atoms with Crippen LogP contribution in [0.15, 0.2) is 36.4 Å². The van der Waals surface area contributed by atoms with E-state index in [1.807, 2.05) is 38.1 Å². The highest BCUT2D eigenvalue weighted by Crippen LogP contribution is 2.27. The van der Waals surface area contributed by atoms with E-state index in [-0.39, 0.29) is 18.2 Å². The van der Waals surface area contributed by atoms with Crippen molar-refractivity contribution in [2.24, 2.45) is 0 Å². The number of nitrogens with zero attached hydrogens (tertiary/aromatic N) is 1. The van der Waals surface area contributed by atoms with Gasteiger partial charge in [0.2, 0.25) is 11.8 Å². The lowest BCUT2D eigenvalue weighted by atomic mass is 10.1. The number of carbonyl (C=O) groups is 2. The molecule has 6 nitrogen and oxygen atoms in total. The van der Waals surface area contributed by atoms with Crippen LogP contribution in [-0.4, -0.2) is 39.1 Å². The molecule has 0 aliphatic carbocycles. The first kappa shape index (κ1) is 21.3. The summed E-state index contributed by atoms with van der Waals surface area (Å²) in [6, 6.07) is 11.4. The molecule has 0 bridgehead atoms. The number of hydrogen-bond acceptors (Lipinski definition) is 4. The number of carbonyl (C=O) groups excluding carboxylic acids is 2. The maximum absolute atomic E-state index is 12.3. The molecular formula is C22H28N2O4. The summed E-state index contributed by atoms with van der Waals surface area (Å²) in [5.41, 5.74) is 3.82. The summed E-state index contributed by atoms with van der Waals surface area (Å²) >= 11 is 0. The summed E-state index contributed by atoms with van der Waals surface area (Å²) in [6.07, 6.45) is 0.226. The van der Waals surface area contributed by atoms with Crippen molar-refractivity contribution in [3.63, 3.8) is 0 Å². The van der Waals surface area contributed by atoms with E-state index in [4.69, 9.17) is 9.47 Å². The minimum absolute atomic E-state index is 0.0529. The Bertz CT molecular complexity index is 848. The van der Waals surface area contributed by atoms with Crippen molar-refractivity contribution >= 4 is 17.5 Å². The van der Waals surface area contributed by atoms with E-state index < -0.39 is 0 Å². The SMILES string of the molecule is COc1ccc(CC(=O)NCCN(C(C)=O)c2cc(C)ccc2C)cc1OC. The largest absolute Gasteiger partial charge is 0.493 e. The highest BCUT2D eigenvalue weighted by Gasteiger charge is 2.14. The van der Waals surface area contributed by atoms with Gasteiger partial charge in [0.1, 0.15) is 0 Å². The van der Waals surface area contributed by atoms with Crippen LogP contribution in [0.5, 0.6) is 11.5 Å². The lowest BCUT2D eigenvalue weighted by molar-refractivity contribution is -0.121. The Hall–Kier alpha value is -3.02. The molecule has 0 aliphatic heterocycles. The standard InChI is InChI=1S/C22H28N2O4/c1-15-6-7-16(2)19(12-15)24(17(3)25)11-10-23-22(26)14-18-8-9-20(27-4)21(13-18)28-5/h6-9,12-13H,10-11,14H2,1-5H3,(H,23,26). The highest BCUT2D eigenvalue weighted by molar-refractivity contribution is 5.92. The van der Waals surface area contributed by atoms with Crippen LogP contribution in [-0.2, 0) is 16.0 Å². The number of ether oxygens (including phenoxy) is 2. The van der Waals surface area contributed by atoms with E-state index in [1.165, 1.54) is 6.92 Å². The minimum atomic E-state index is -0.114. The van der Waals surface area contributed by atoms with Crippen LogP contribution in [0.3, 0.4) is 0 Å². The third-order valence-electron chi connectivity index (χ3n) is 4.51. The molecule has 0 saturated heterocycles. The molecule has 1 N–H and O–H groups in total. The molecule has 0 radical (unpaired) electrons. The predicted octanol–water partition coefficient (Wildman–Crippen LogP) is 3.03. The fourth-order valence-electron chi connectivity index (χ4n) is 3.00. The first-order valence-corrected chi connectivity index (χ1v) is 9.18. The fourth-order valence-corrected chi connectivity index (χ4v) is 3.00. The quantitative estimate of drug-likeness (QED) is 0.760. The number of benzene rings is 2. The summed E-state index contributed by atoms with van der Waals surface area (Å²) in [4.78, 5) is 26.1. The summed E-state index contributed by atoms with van der Waals surface area (Å²) in [5, 5.41) is 2.88. The van der Waals surface area contributed by atoms with Gasteiger partial charge in [0.15, 0.2) is 11.5 Å². The molecule has 0 spiro atoms. The van der Waals surface area contributed by atoms with Gasteiger partial charge in [-0.3, -0.25) is 9.59 Å². The fraction of sp³-hybridized carbons (Fsp3) is 0.364. The molecule has 150 valence electrons. The normalized spacial score (nSPS) is 10.3. The predicted molar refractivity (Wildman–Crippen MR) is 110 cm³/mol. The molecule has 2 rings (SSSR count). The topological polar surface area (TPSA) is 67.9 Å². The van der Waals surface area contributed by atoms with Crippen LogP contribution >= 0.6 is 0 Å². The van der Waals surface area contributed by atoms with Gasteiger partial charge >= 0.3 is 0 Å². The molecule has 0 heterocycles. The summed E-state index contributed by atoms with van der Waals surface area (Å²) in [7, 11) is 3.13. The second-order valence-electron chi connectivity index (χ2n) is 6.68. The Morgan fingerprint density at radius 3 is 2.36 bits per heavy atom. The maximum atomic E-state index is 12.3. The van der Waals surface area contributed by atoms with E-state index in [0.29, 0.717) is 24.6 Å². The first-order chi connectivity index (χ1) is 13.3. The molecular weight excluding hydrogens is 356 g/mol. The minimum Gasteiger partial charge on any atom is -0.493 e. The zero-order valence-electron chi connectivity index (χ0n) is 17.2. The lowest BCUT2D eigenvalue weighted by Crippen LogP contribution is -2.38. The third kappa shape index (κ3) is 5.49. The molecule has 0 aromatic heterocycles. The smallest absolute Gasteiger partial charge is 0.224 e. The van der Waals surface area contributed by atoms with Crippen molar-refractivity contribution in [3.05, 3.63) is 53.1 Å². The van der Waals surface area contributed by atoms with Crippen molar-refractivity contribution in [3.8, 4) is 11.5 Å². The molecule has 0 aliphatic rings. The Balaban J connectivity index is 1.96. The van der Waals surface area contributed by atoms with Gasteiger partial charge in [-0.25, -0.2) is 0 Å². The third-order valence-corrected chi connectivity index (χ3v) is 4.51. The van der Waals surface area contributed by atoms with Crippen molar-refractivity contribution in [1.29, 1.82) is 0 Å². The van der Waals surface area contributed by atoms with Crippen LogP contribution in [0.1, 0.15) is 23.6 Å². The van der Waals surface area contributed by atoms with Crippen molar-refractivity contribution in [2.75, 3.05) is 32.2 Å². The molecule has 2 amide bonds. The van der Waals surface area contributed by atoms with Gasteiger partial charge in [0.25, 0.3) is 0 Å². The van der Waals surface area contributed by atoms with Crippen LogP contribution in [0.4, 0.5) is 5.69 Å². The number of amides is 2. The lowest BCUT2D eigenvalue weighted by Gasteiger charge is -2.23. The average Bonchev–Trinajstić information content (AvgIpc) is 2.67. The Morgan fingerprint density at radius 2 is 1.71 bits per heavy atom. The van der Waals surface area contributed by atoms with Gasteiger partial charge in [-0.2, -0.15) is 0 Å². The highest BCUT2D eigenvalue weighted by atomic mass is 16.5. The van der Waals surface area contributed by atoms with Crippen molar-refractivity contribution < 1.29 is 19.1 Å². The van der Waals surface area contributed by atoms with E-state index in [9.17, 15) is 9.59 Å². The number of nitrogens with one attached hydrogen (secondary N) is 1. The molecule has 6 heteroatoms.